The Bertz CT molecular complexity index is 634. The Balaban J connectivity index is 2.12. The molecule has 1 aromatic heterocycles. The topological polar surface area (TPSA) is 58.2 Å². The fraction of sp³-hybridized carbons (Fsp3) is 0.200. The van der Waals surface area contributed by atoms with Crippen LogP contribution in [0.3, 0.4) is 0 Å². The smallest absolute Gasteiger partial charge is 0.265 e. The fourth-order valence-corrected chi connectivity index (χ4v) is 2.51. The minimum Gasteiger partial charge on any atom is -0.352 e. The van der Waals surface area contributed by atoms with Gasteiger partial charge in [-0.1, -0.05) is 6.07 Å². The molecule has 0 fully saturated rings. The van der Waals surface area contributed by atoms with E-state index in [1.165, 1.54) is 11.3 Å². The molecule has 20 heavy (non-hydrogen) atoms. The average molecular weight is 288 g/mol. The van der Waals surface area contributed by atoms with Crippen LogP contribution in [-0.4, -0.2) is 18.4 Å². The molecule has 0 atom stereocenters. The van der Waals surface area contributed by atoms with Gasteiger partial charge in [0.25, 0.3) is 11.8 Å². The van der Waals surface area contributed by atoms with Gasteiger partial charge in [-0.25, -0.2) is 0 Å². The van der Waals surface area contributed by atoms with Gasteiger partial charge in [0.15, 0.2) is 0 Å². The summed E-state index contributed by atoms with van der Waals surface area (Å²) in [5, 5.41) is 5.53. The first-order valence-corrected chi connectivity index (χ1v) is 7.18. The van der Waals surface area contributed by atoms with Crippen LogP contribution >= 0.6 is 11.3 Å². The van der Waals surface area contributed by atoms with Gasteiger partial charge in [0.1, 0.15) is 0 Å². The van der Waals surface area contributed by atoms with Crippen molar-refractivity contribution in [3.63, 3.8) is 0 Å². The molecular weight excluding hydrogens is 272 g/mol. The number of thiophene rings is 1. The molecule has 0 radical (unpaired) electrons. The number of anilines is 1. The van der Waals surface area contributed by atoms with Gasteiger partial charge in [-0.3, -0.25) is 9.59 Å². The molecule has 104 valence electrons. The Labute approximate surface area is 121 Å². The second kappa shape index (κ2) is 6.34. The van der Waals surface area contributed by atoms with Crippen LogP contribution in [0.4, 0.5) is 5.69 Å². The Hall–Kier alpha value is -2.14. The number of carbonyl (C=O) groups is 2. The van der Waals surface area contributed by atoms with E-state index < -0.39 is 0 Å². The molecule has 0 bridgehead atoms. The van der Waals surface area contributed by atoms with Crippen molar-refractivity contribution in [3.8, 4) is 0 Å². The SMILES string of the molecule is CCNC(=O)c1cccc(NC(=O)c2ccc(C)s2)c1. The van der Waals surface area contributed by atoms with Crippen LogP contribution in [0.25, 0.3) is 0 Å². The lowest BCUT2D eigenvalue weighted by Crippen LogP contribution is -2.22. The first kappa shape index (κ1) is 14.3. The molecule has 0 aliphatic rings. The number of amides is 2. The highest BCUT2D eigenvalue weighted by Crippen LogP contribution is 2.18. The molecule has 0 saturated heterocycles. The Morgan fingerprint density at radius 1 is 1.15 bits per heavy atom. The summed E-state index contributed by atoms with van der Waals surface area (Å²) in [6.45, 7) is 4.39. The predicted octanol–water partition coefficient (Wildman–Crippen LogP) is 3.06. The van der Waals surface area contributed by atoms with Gasteiger partial charge in [-0.05, 0) is 44.2 Å². The van der Waals surface area contributed by atoms with Crippen LogP contribution in [0.15, 0.2) is 36.4 Å². The Morgan fingerprint density at radius 3 is 2.60 bits per heavy atom. The number of benzene rings is 1. The number of aryl methyl sites for hydroxylation is 1. The summed E-state index contributed by atoms with van der Waals surface area (Å²) >= 11 is 1.44. The van der Waals surface area contributed by atoms with Crippen molar-refractivity contribution >= 4 is 28.8 Å². The molecule has 0 aliphatic heterocycles. The summed E-state index contributed by atoms with van der Waals surface area (Å²) in [4.78, 5) is 25.5. The van der Waals surface area contributed by atoms with Crippen molar-refractivity contribution in [2.45, 2.75) is 13.8 Å². The van der Waals surface area contributed by atoms with Crippen molar-refractivity contribution < 1.29 is 9.59 Å². The molecule has 4 nitrogen and oxygen atoms in total. The van der Waals surface area contributed by atoms with Crippen molar-refractivity contribution in [2.24, 2.45) is 0 Å². The van der Waals surface area contributed by atoms with E-state index in [4.69, 9.17) is 0 Å². The average Bonchev–Trinajstić information content (AvgIpc) is 2.86. The molecule has 2 rings (SSSR count). The summed E-state index contributed by atoms with van der Waals surface area (Å²) < 4.78 is 0. The van der Waals surface area contributed by atoms with Gasteiger partial charge < -0.3 is 10.6 Å². The van der Waals surface area contributed by atoms with Gasteiger partial charge in [-0.2, -0.15) is 0 Å². The lowest BCUT2D eigenvalue weighted by molar-refractivity contribution is 0.0954. The third kappa shape index (κ3) is 3.45. The number of nitrogens with one attached hydrogen (secondary N) is 2. The molecular formula is C15H16N2O2S. The Kier molecular flexibility index (Phi) is 4.53. The van der Waals surface area contributed by atoms with E-state index in [9.17, 15) is 9.59 Å². The van der Waals surface area contributed by atoms with Crippen molar-refractivity contribution in [1.29, 1.82) is 0 Å². The van der Waals surface area contributed by atoms with E-state index in [-0.39, 0.29) is 11.8 Å². The molecule has 5 heteroatoms. The van der Waals surface area contributed by atoms with Gasteiger partial charge in [0.05, 0.1) is 4.88 Å². The minimum atomic E-state index is -0.156. The first-order chi connectivity index (χ1) is 9.60. The quantitative estimate of drug-likeness (QED) is 0.908. The van der Waals surface area contributed by atoms with Crippen LogP contribution in [0.5, 0.6) is 0 Å². The monoisotopic (exact) mass is 288 g/mol. The molecule has 0 unspecified atom stereocenters. The molecule has 2 aromatic rings. The van der Waals surface area contributed by atoms with Gasteiger partial charge in [-0.15, -0.1) is 11.3 Å². The zero-order valence-corrected chi connectivity index (χ0v) is 12.2. The van der Waals surface area contributed by atoms with Crippen LogP contribution < -0.4 is 10.6 Å². The van der Waals surface area contributed by atoms with Crippen LogP contribution in [0.2, 0.25) is 0 Å². The van der Waals surface area contributed by atoms with E-state index >= 15 is 0 Å². The zero-order chi connectivity index (χ0) is 14.5. The van der Waals surface area contributed by atoms with Crippen LogP contribution in [0.1, 0.15) is 31.8 Å². The molecule has 2 amide bonds. The van der Waals surface area contributed by atoms with Gasteiger partial charge in [0.2, 0.25) is 0 Å². The van der Waals surface area contributed by atoms with E-state index in [0.717, 1.165) is 4.88 Å². The lowest BCUT2D eigenvalue weighted by Gasteiger charge is -2.06. The number of carbonyl (C=O) groups excluding carboxylic acids is 2. The molecule has 2 N–H and O–H groups in total. The van der Waals surface area contributed by atoms with Crippen LogP contribution in [0, 0.1) is 6.92 Å². The summed E-state index contributed by atoms with van der Waals surface area (Å²) in [5.41, 5.74) is 1.15. The number of hydrogen-bond donors (Lipinski definition) is 2. The molecule has 0 aliphatic carbocycles. The van der Waals surface area contributed by atoms with Gasteiger partial charge >= 0.3 is 0 Å². The predicted molar refractivity (Wildman–Crippen MR) is 81.5 cm³/mol. The maximum atomic E-state index is 12.0. The highest BCUT2D eigenvalue weighted by atomic mass is 32.1. The molecule has 0 spiro atoms. The fourth-order valence-electron chi connectivity index (χ4n) is 1.75. The maximum Gasteiger partial charge on any atom is 0.265 e. The van der Waals surface area contributed by atoms with E-state index in [0.29, 0.717) is 22.7 Å². The lowest BCUT2D eigenvalue weighted by atomic mass is 10.2. The van der Waals surface area contributed by atoms with Crippen molar-refractivity contribution in [2.75, 3.05) is 11.9 Å². The molecule has 0 saturated carbocycles. The summed E-state index contributed by atoms with van der Waals surface area (Å²) in [6, 6.07) is 10.6. The van der Waals surface area contributed by atoms with Crippen molar-refractivity contribution in [1.82, 2.24) is 5.32 Å². The normalized spacial score (nSPS) is 10.1. The second-order valence-electron chi connectivity index (χ2n) is 4.30. The highest BCUT2D eigenvalue weighted by molar-refractivity contribution is 7.14. The van der Waals surface area contributed by atoms with E-state index in [2.05, 4.69) is 10.6 Å². The van der Waals surface area contributed by atoms with Crippen LogP contribution in [-0.2, 0) is 0 Å². The Morgan fingerprint density at radius 2 is 1.95 bits per heavy atom. The molecule has 1 heterocycles. The standard InChI is InChI=1S/C15H16N2O2S/c1-3-16-14(18)11-5-4-6-12(9-11)17-15(19)13-8-7-10(2)20-13/h4-9H,3H2,1-2H3,(H,16,18)(H,17,19). The van der Waals surface area contributed by atoms with Gasteiger partial charge in [0, 0.05) is 22.7 Å². The third-order valence-corrected chi connectivity index (χ3v) is 3.68. The summed E-state index contributed by atoms with van der Waals surface area (Å²) in [5.74, 6) is -0.299. The third-order valence-electron chi connectivity index (χ3n) is 2.68. The number of hydrogen-bond acceptors (Lipinski definition) is 3. The second-order valence-corrected chi connectivity index (χ2v) is 5.59. The summed E-state index contributed by atoms with van der Waals surface area (Å²) in [6.07, 6.45) is 0. The largest absolute Gasteiger partial charge is 0.352 e. The zero-order valence-electron chi connectivity index (χ0n) is 11.4. The van der Waals surface area contributed by atoms with E-state index in [1.807, 2.05) is 19.9 Å². The van der Waals surface area contributed by atoms with E-state index in [1.54, 1.807) is 30.3 Å². The van der Waals surface area contributed by atoms with Crippen molar-refractivity contribution in [3.05, 3.63) is 51.7 Å². The number of rotatable bonds is 4. The maximum absolute atomic E-state index is 12.0. The minimum absolute atomic E-state index is 0.143. The first-order valence-electron chi connectivity index (χ1n) is 6.36. The molecule has 1 aromatic carbocycles. The highest BCUT2D eigenvalue weighted by Gasteiger charge is 2.10. The summed E-state index contributed by atoms with van der Waals surface area (Å²) in [7, 11) is 0.